The summed E-state index contributed by atoms with van der Waals surface area (Å²) in [6.07, 6.45) is 7.87. The molecule has 0 heterocycles. The van der Waals surface area contributed by atoms with Crippen molar-refractivity contribution in [3.63, 3.8) is 0 Å². The fraction of sp³-hybridized carbons (Fsp3) is 0.867. The van der Waals surface area contributed by atoms with Crippen LogP contribution in [0.3, 0.4) is 0 Å². The van der Waals surface area contributed by atoms with Gasteiger partial charge >= 0.3 is 5.97 Å². The first kappa shape index (κ1) is 13.6. The number of aliphatic carboxylic acids is 1. The number of ketones is 1. The first-order valence-corrected chi connectivity index (χ1v) is 7.34. The van der Waals surface area contributed by atoms with Crippen molar-refractivity contribution in [2.45, 2.75) is 58.3 Å². The second-order valence-corrected chi connectivity index (χ2v) is 6.21. The first-order valence-electron chi connectivity index (χ1n) is 7.34. The quantitative estimate of drug-likeness (QED) is 0.789. The van der Waals surface area contributed by atoms with Gasteiger partial charge in [-0.15, -0.1) is 0 Å². The van der Waals surface area contributed by atoms with Crippen LogP contribution in [0.4, 0.5) is 0 Å². The van der Waals surface area contributed by atoms with Gasteiger partial charge in [-0.25, -0.2) is 0 Å². The number of carbonyl (C=O) groups is 2. The van der Waals surface area contributed by atoms with Crippen molar-refractivity contribution >= 4 is 11.8 Å². The highest BCUT2D eigenvalue weighted by atomic mass is 16.4. The van der Waals surface area contributed by atoms with Crippen molar-refractivity contribution in [1.29, 1.82) is 0 Å². The molecule has 18 heavy (non-hydrogen) atoms. The van der Waals surface area contributed by atoms with Gasteiger partial charge < -0.3 is 5.11 Å². The summed E-state index contributed by atoms with van der Waals surface area (Å²) in [5.74, 6) is 0.688. The van der Waals surface area contributed by atoms with Crippen LogP contribution in [0.1, 0.15) is 58.3 Å². The number of carboxylic acid groups (broad SMARTS) is 1. The number of hydrogen-bond acceptors (Lipinski definition) is 2. The van der Waals surface area contributed by atoms with E-state index in [1.54, 1.807) is 0 Å². The topological polar surface area (TPSA) is 54.4 Å². The highest BCUT2D eigenvalue weighted by Gasteiger charge is 2.32. The average Bonchev–Trinajstić information content (AvgIpc) is 3.19. The van der Waals surface area contributed by atoms with Crippen molar-refractivity contribution in [1.82, 2.24) is 0 Å². The standard InChI is InChI=1S/C15H24O3/c1-10(2-3-11-4-5-11)14(16)12-6-8-13(9-7-12)15(17)18/h10-13H,2-9H2,1H3,(H,17,18). The molecule has 2 fully saturated rings. The second-order valence-electron chi connectivity index (χ2n) is 6.21. The minimum Gasteiger partial charge on any atom is -0.481 e. The molecular formula is C15H24O3. The molecule has 0 radical (unpaired) electrons. The van der Waals surface area contributed by atoms with E-state index in [-0.39, 0.29) is 17.8 Å². The molecule has 2 saturated carbocycles. The van der Waals surface area contributed by atoms with Gasteiger partial charge in [-0.2, -0.15) is 0 Å². The zero-order valence-corrected chi connectivity index (χ0v) is 11.2. The molecule has 0 spiro atoms. The lowest BCUT2D eigenvalue weighted by molar-refractivity contribution is -0.144. The van der Waals surface area contributed by atoms with Crippen molar-refractivity contribution in [2.75, 3.05) is 0 Å². The molecule has 0 bridgehead atoms. The number of carbonyl (C=O) groups excluding carboxylic acids is 1. The van der Waals surface area contributed by atoms with Gasteiger partial charge in [-0.3, -0.25) is 9.59 Å². The Morgan fingerprint density at radius 1 is 1.06 bits per heavy atom. The predicted octanol–water partition coefficient (Wildman–Crippen LogP) is 3.27. The summed E-state index contributed by atoms with van der Waals surface area (Å²) in [4.78, 5) is 23.1. The summed E-state index contributed by atoms with van der Waals surface area (Å²) < 4.78 is 0. The van der Waals surface area contributed by atoms with E-state index in [2.05, 4.69) is 0 Å². The number of hydrogen-bond donors (Lipinski definition) is 1. The molecule has 0 aliphatic heterocycles. The van der Waals surface area contributed by atoms with E-state index < -0.39 is 5.97 Å². The van der Waals surface area contributed by atoms with Gasteiger partial charge in [0.1, 0.15) is 5.78 Å². The molecule has 2 rings (SSSR count). The predicted molar refractivity (Wildman–Crippen MR) is 69.2 cm³/mol. The normalized spacial score (nSPS) is 29.8. The minimum absolute atomic E-state index is 0.134. The van der Waals surface area contributed by atoms with Crippen molar-refractivity contribution in [3.05, 3.63) is 0 Å². The van der Waals surface area contributed by atoms with Gasteiger partial charge in [-0.05, 0) is 44.4 Å². The monoisotopic (exact) mass is 252 g/mol. The molecular weight excluding hydrogens is 228 g/mol. The Labute approximate surface area is 109 Å². The Morgan fingerprint density at radius 3 is 2.11 bits per heavy atom. The summed E-state index contributed by atoms with van der Waals surface area (Å²) in [5.41, 5.74) is 0. The van der Waals surface area contributed by atoms with E-state index in [0.717, 1.165) is 25.2 Å². The van der Waals surface area contributed by atoms with E-state index >= 15 is 0 Å². The Bertz CT molecular complexity index is 312. The molecule has 0 amide bonds. The zero-order valence-electron chi connectivity index (χ0n) is 11.2. The van der Waals surface area contributed by atoms with E-state index in [1.165, 1.54) is 19.3 Å². The lowest BCUT2D eigenvalue weighted by Crippen LogP contribution is -2.29. The summed E-state index contributed by atoms with van der Waals surface area (Å²) >= 11 is 0. The van der Waals surface area contributed by atoms with Crippen LogP contribution >= 0.6 is 0 Å². The van der Waals surface area contributed by atoms with Crippen molar-refractivity contribution in [2.24, 2.45) is 23.7 Å². The highest BCUT2D eigenvalue weighted by molar-refractivity contribution is 5.83. The third-order valence-corrected chi connectivity index (χ3v) is 4.67. The summed E-state index contributed by atoms with van der Waals surface area (Å²) in [5, 5.41) is 8.94. The number of rotatable bonds is 6. The fourth-order valence-electron chi connectivity index (χ4n) is 3.06. The minimum atomic E-state index is -0.692. The van der Waals surface area contributed by atoms with Crippen LogP contribution in [0, 0.1) is 23.7 Å². The lowest BCUT2D eigenvalue weighted by Gasteiger charge is -2.27. The van der Waals surface area contributed by atoms with Gasteiger partial charge in [-0.1, -0.05) is 19.8 Å². The van der Waals surface area contributed by atoms with E-state index in [4.69, 9.17) is 5.11 Å². The van der Waals surface area contributed by atoms with E-state index in [9.17, 15) is 9.59 Å². The number of Topliss-reactive ketones (excluding diaryl/α,β-unsaturated/α-hetero) is 1. The van der Waals surface area contributed by atoms with E-state index in [0.29, 0.717) is 18.6 Å². The molecule has 102 valence electrons. The van der Waals surface area contributed by atoms with Gasteiger partial charge in [0, 0.05) is 11.8 Å². The van der Waals surface area contributed by atoms with Gasteiger partial charge in [0.15, 0.2) is 0 Å². The van der Waals surface area contributed by atoms with Gasteiger partial charge in [0.25, 0.3) is 0 Å². The van der Waals surface area contributed by atoms with E-state index in [1.807, 2.05) is 6.92 Å². The third-order valence-electron chi connectivity index (χ3n) is 4.67. The maximum atomic E-state index is 12.3. The van der Waals surface area contributed by atoms with Crippen molar-refractivity contribution in [3.8, 4) is 0 Å². The van der Waals surface area contributed by atoms with Crippen LogP contribution in [-0.4, -0.2) is 16.9 Å². The molecule has 2 aliphatic carbocycles. The molecule has 0 saturated heterocycles. The van der Waals surface area contributed by atoms with Crippen LogP contribution in [0.5, 0.6) is 0 Å². The molecule has 3 heteroatoms. The smallest absolute Gasteiger partial charge is 0.306 e. The first-order chi connectivity index (χ1) is 8.58. The van der Waals surface area contributed by atoms with Crippen LogP contribution < -0.4 is 0 Å². The van der Waals surface area contributed by atoms with Gasteiger partial charge in [0.2, 0.25) is 0 Å². The maximum absolute atomic E-state index is 12.3. The lowest BCUT2D eigenvalue weighted by atomic mass is 9.77. The molecule has 1 N–H and O–H groups in total. The number of carboxylic acids is 1. The summed E-state index contributed by atoms with van der Waals surface area (Å²) in [6, 6.07) is 0. The van der Waals surface area contributed by atoms with Crippen LogP contribution in [0.25, 0.3) is 0 Å². The Hall–Kier alpha value is -0.860. The Balaban J connectivity index is 1.73. The highest BCUT2D eigenvalue weighted by Crippen LogP contribution is 2.36. The maximum Gasteiger partial charge on any atom is 0.306 e. The van der Waals surface area contributed by atoms with Crippen LogP contribution in [0.15, 0.2) is 0 Å². The fourth-order valence-corrected chi connectivity index (χ4v) is 3.06. The van der Waals surface area contributed by atoms with Crippen LogP contribution in [0.2, 0.25) is 0 Å². The largest absolute Gasteiger partial charge is 0.481 e. The van der Waals surface area contributed by atoms with Crippen LogP contribution in [-0.2, 0) is 9.59 Å². The molecule has 3 nitrogen and oxygen atoms in total. The molecule has 0 aromatic heterocycles. The molecule has 0 aromatic rings. The molecule has 0 aromatic carbocycles. The summed E-state index contributed by atoms with van der Waals surface area (Å²) in [6.45, 7) is 2.05. The zero-order chi connectivity index (χ0) is 13.1. The van der Waals surface area contributed by atoms with Crippen molar-refractivity contribution < 1.29 is 14.7 Å². The average molecular weight is 252 g/mol. The Morgan fingerprint density at radius 2 is 1.61 bits per heavy atom. The second kappa shape index (κ2) is 5.85. The Kier molecular flexibility index (Phi) is 4.41. The third kappa shape index (κ3) is 3.56. The SMILES string of the molecule is CC(CCC1CC1)C(=O)C1CCC(C(=O)O)CC1. The van der Waals surface area contributed by atoms with Gasteiger partial charge in [0.05, 0.1) is 5.92 Å². The summed E-state index contributed by atoms with van der Waals surface area (Å²) in [7, 11) is 0. The molecule has 1 atom stereocenters. The molecule has 1 unspecified atom stereocenters. The molecule has 2 aliphatic rings.